The Morgan fingerprint density at radius 3 is 2.90 bits per heavy atom. The van der Waals surface area contributed by atoms with Gasteiger partial charge in [-0.25, -0.2) is 8.42 Å². The zero-order valence-corrected chi connectivity index (χ0v) is 15.0. The fourth-order valence-corrected chi connectivity index (χ4v) is 5.52. The van der Waals surface area contributed by atoms with Crippen molar-refractivity contribution in [2.24, 2.45) is 4.99 Å². The Bertz CT molecular complexity index is 583. The quantitative estimate of drug-likeness (QED) is 0.431. The largest absolute Gasteiger partial charge is 0.356 e. The van der Waals surface area contributed by atoms with Crippen LogP contribution in [0, 0.1) is 2.88 Å². The summed E-state index contributed by atoms with van der Waals surface area (Å²) in [6.07, 6.45) is 1.60. The molecule has 1 fully saturated rings. The van der Waals surface area contributed by atoms with Crippen LogP contribution in [-0.2, 0) is 16.3 Å². The van der Waals surface area contributed by atoms with Crippen molar-refractivity contribution < 1.29 is 8.42 Å². The molecule has 0 spiro atoms. The topological polar surface area (TPSA) is 70.6 Å². The number of aliphatic imine (C=N–C) groups is 1. The number of rotatable bonds is 4. The Balaban J connectivity index is 1.76. The predicted molar refractivity (Wildman–Crippen MR) is 92.3 cm³/mol. The number of thiophene rings is 1. The van der Waals surface area contributed by atoms with Gasteiger partial charge in [0.1, 0.15) is 0 Å². The van der Waals surface area contributed by atoms with E-state index in [0.717, 1.165) is 13.0 Å². The van der Waals surface area contributed by atoms with E-state index in [1.54, 1.807) is 18.4 Å². The van der Waals surface area contributed by atoms with E-state index in [4.69, 9.17) is 0 Å². The molecule has 0 radical (unpaired) electrons. The van der Waals surface area contributed by atoms with Crippen LogP contribution in [0.4, 0.5) is 0 Å². The lowest BCUT2D eigenvalue weighted by Crippen LogP contribution is -2.44. The SMILES string of the molecule is CN=C(NCCc1ccc(I)s1)NC1CCS(=O)(=O)C1. The molecular weight excluding hydrogens is 409 g/mol. The first-order chi connectivity index (χ1) is 9.48. The van der Waals surface area contributed by atoms with Gasteiger partial charge in [0.2, 0.25) is 0 Å². The Kier molecular flexibility index (Phi) is 5.67. The number of nitrogens with one attached hydrogen (secondary N) is 2. The number of nitrogens with zero attached hydrogens (tertiary/aromatic N) is 1. The van der Waals surface area contributed by atoms with Gasteiger partial charge in [-0.1, -0.05) is 0 Å². The van der Waals surface area contributed by atoms with E-state index in [0.29, 0.717) is 12.4 Å². The number of sulfone groups is 1. The summed E-state index contributed by atoms with van der Waals surface area (Å²) in [5.41, 5.74) is 0. The average molecular weight is 427 g/mol. The maximum absolute atomic E-state index is 11.4. The van der Waals surface area contributed by atoms with Crippen LogP contribution in [0.3, 0.4) is 0 Å². The van der Waals surface area contributed by atoms with Gasteiger partial charge >= 0.3 is 0 Å². The molecule has 1 saturated heterocycles. The van der Waals surface area contributed by atoms with Gasteiger partial charge in [-0.3, -0.25) is 4.99 Å². The summed E-state index contributed by atoms with van der Waals surface area (Å²) >= 11 is 4.10. The van der Waals surface area contributed by atoms with Crippen molar-refractivity contribution in [2.45, 2.75) is 18.9 Å². The number of hydrogen-bond acceptors (Lipinski definition) is 4. The van der Waals surface area contributed by atoms with Crippen LogP contribution >= 0.6 is 33.9 Å². The minimum atomic E-state index is -2.85. The van der Waals surface area contributed by atoms with Crippen LogP contribution in [0.1, 0.15) is 11.3 Å². The monoisotopic (exact) mass is 427 g/mol. The summed E-state index contributed by atoms with van der Waals surface area (Å²) in [6, 6.07) is 4.22. The van der Waals surface area contributed by atoms with Gasteiger partial charge in [-0.2, -0.15) is 0 Å². The molecule has 0 saturated carbocycles. The number of halogens is 1. The zero-order chi connectivity index (χ0) is 14.6. The lowest BCUT2D eigenvalue weighted by atomic mass is 10.3. The summed E-state index contributed by atoms with van der Waals surface area (Å²) in [7, 11) is -1.15. The molecule has 2 rings (SSSR count). The van der Waals surface area contributed by atoms with Crippen molar-refractivity contribution in [2.75, 3.05) is 25.1 Å². The molecule has 2 heterocycles. The van der Waals surface area contributed by atoms with E-state index in [1.807, 2.05) is 0 Å². The van der Waals surface area contributed by atoms with E-state index in [2.05, 4.69) is 50.3 Å². The van der Waals surface area contributed by atoms with Crippen molar-refractivity contribution >= 4 is 49.7 Å². The highest BCUT2D eigenvalue weighted by Crippen LogP contribution is 2.18. The molecule has 20 heavy (non-hydrogen) atoms. The lowest BCUT2D eigenvalue weighted by Gasteiger charge is -2.15. The van der Waals surface area contributed by atoms with Crippen molar-refractivity contribution in [1.29, 1.82) is 0 Å². The second-order valence-corrected chi connectivity index (χ2v) is 9.99. The molecule has 1 aliphatic heterocycles. The van der Waals surface area contributed by atoms with E-state index in [9.17, 15) is 8.42 Å². The predicted octanol–water partition coefficient (Wildman–Crippen LogP) is 1.25. The first kappa shape index (κ1) is 16.0. The molecule has 1 aromatic heterocycles. The molecule has 112 valence electrons. The van der Waals surface area contributed by atoms with Gasteiger partial charge in [0.15, 0.2) is 15.8 Å². The Labute approximate surface area is 137 Å². The maximum Gasteiger partial charge on any atom is 0.191 e. The van der Waals surface area contributed by atoms with Crippen molar-refractivity contribution in [3.63, 3.8) is 0 Å². The van der Waals surface area contributed by atoms with Crippen LogP contribution in [0.2, 0.25) is 0 Å². The van der Waals surface area contributed by atoms with Crippen LogP contribution in [0.15, 0.2) is 17.1 Å². The molecule has 0 amide bonds. The van der Waals surface area contributed by atoms with Crippen LogP contribution in [0.25, 0.3) is 0 Å². The summed E-state index contributed by atoms with van der Waals surface area (Å²) in [6.45, 7) is 0.787. The zero-order valence-electron chi connectivity index (χ0n) is 11.2. The third-order valence-electron chi connectivity index (χ3n) is 3.09. The van der Waals surface area contributed by atoms with Crippen molar-refractivity contribution in [1.82, 2.24) is 10.6 Å². The molecular formula is C12H18IN3O2S2. The molecule has 8 heteroatoms. The van der Waals surface area contributed by atoms with Crippen LogP contribution in [0.5, 0.6) is 0 Å². The minimum Gasteiger partial charge on any atom is -0.356 e. The van der Waals surface area contributed by atoms with Gasteiger partial charge in [-0.15, -0.1) is 11.3 Å². The molecule has 1 aromatic rings. The minimum absolute atomic E-state index is 0.0195. The second kappa shape index (κ2) is 7.08. The van der Waals surface area contributed by atoms with Gasteiger partial charge in [0, 0.05) is 24.5 Å². The fourth-order valence-electron chi connectivity index (χ4n) is 2.09. The highest BCUT2D eigenvalue weighted by Gasteiger charge is 2.28. The van der Waals surface area contributed by atoms with Crippen LogP contribution < -0.4 is 10.6 Å². The summed E-state index contributed by atoms with van der Waals surface area (Å²) in [4.78, 5) is 5.47. The molecule has 1 aliphatic rings. The third-order valence-corrected chi connectivity index (χ3v) is 6.81. The van der Waals surface area contributed by atoms with Gasteiger partial charge in [-0.05, 0) is 47.6 Å². The highest BCUT2D eigenvalue weighted by atomic mass is 127. The van der Waals surface area contributed by atoms with Gasteiger partial charge < -0.3 is 10.6 Å². The standard InChI is InChI=1S/C12H18IN3O2S2/c1-14-12(16-9-5-7-20(17,18)8-9)15-6-4-10-2-3-11(13)19-10/h2-3,9H,4-8H2,1H3,(H2,14,15,16). The summed E-state index contributed by atoms with van der Waals surface area (Å²) < 4.78 is 24.1. The number of guanidine groups is 1. The average Bonchev–Trinajstić information content (AvgIpc) is 2.94. The van der Waals surface area contributed by atoms with Gasteiger partial charge in [0.25, 0.3) is 0 Å². The van der Waals surface area contributed by atoms with Crippen LogP contribution in [-0.4, -0.2) is 45.5 Å². The summed E-state index contributed by atoms with van der Waals surface area (Å²) in [5, 5.41) is 6.40. The Morgan fingerprint density at radius 1 is 1.55 bits per heavy atom. The third kappa shape index (κ3) is 4.88. The molecule has 1 atom stereocenters. The maximum atomic E-state index is 11.4. The molecule has 1 unspecified atom stereocenters. The highest BCUT2D eigenvalue weighted by molar-refractivity contribution is 14.1. The van der Waals surface area contributed by atoms with Gasteiger partial charge in [0.05, 0.1) is 14.4 Å². The smallest absolute Gasteiger partial charge is 0.191 e. The van der Waals surface area contributed by atoms with E-state index in [-0.39, 0.29) is 17.5 Å². The summed E-state index contributed by atoms with van der Waals surface area (Å²) in [5.74, 6) is 1.16. The molecule has 0 aromatic carbocycles. The van der Waals surface area contributed by atoms with E-state index in [1.165, 1.54) is 7.76 Å². The van der Waals surface area contributed by atoms with Crippen molar-refractivity contribution in [3.05, 3.63) is 19.9 Å². The Hall–Kier alpha value is -0.350. The molecule has 0 bridgehead atoms. The second-order valence-electron chi connectivity index (χ2n) is 4.70. The normalized spacial score (nSPS) is 21.9. The van der Waals surface area contributed by atoms with E-state index < -0.39 is 9.84 Å². The molecule has 0 aliphatic carbocycles. The van der Waals surface area contributed by atoms with E-state index >= 15 is 0 Å². The molecule has 5 nitrogen and oxygen atoms in total. The lowest BCUT2D eigenvalue weighted by molar-refractivity contribution is 0.599. The van der Waals surface area contributed by atoms with Crippen molar-refractivity contribution in [3.8, 4) is 0 Å². The Morgan fingerprint density at radius 2 is 2.35 bits per heavy atom. The fraction of sp³-hybridized carbons (Fsp3) is 0.583. The molecule has 2 N–H and O–H groups in total. The first-order valence-electron chi connectivity index (χ1n) is 6.40. The number of hydrogen-bond donors (Lipinski definition) is 2. The first-order valence-corrected chi connectivity index (χ1v) is 10.1.